The van der Waals surface area contributed by atoms with E-state index in [1.54, 1.807) is 6.20 Å². The van der Waals surface area contributed by atoms with Crippen LogP contribution in [-0.2, 0) is 6.54 Å². The van der Waals surface area contributed by atoms with Crippen molar-refractivity contribution in [1.29, 1.82) is 0 Å². The smallest absolute Gasteiger partial charge is 0.210 e. The maximum atomic E-state index is 4.81. The van der Waals surface area contributed by atoms with Crippen LogP contribution in [0.4, 0.5) is 5.69 Å². The minimum Gasteiger partial charge on any atom is -0.381 e. The Bertz CT molecular complexity index is 1370. The summed E-state index contributed by atoms with van der Waals surface area (Å²) >= 11 is 0. The molecule has 1 aliphatic carbocycles. The zero-order chi connectivity index (χ0) is 22.7. The predicted molar refractivity (Wildman–Crippen MR) is 131 cm³/mol. The summed E-state index contributed by atoms with van der Waals surface area (Å²) in [7, 11) is 0. The molecule has 8 nitrogen and oxygen atoms in total. The first-order valence-corrected chi connectivity index (χ1v) is 11.9. The summed E-state index contributed by atoms with van der Waals surface area (Å²) in [5, 5.41) is 22.7. The predicted octanol–water partition coefficient (Wildman–Crippen LogP) is 5.24. The highest BCUT2D eigenvalue weighted by molar-refractivity contribution is 5.76. The van der Waals surface area contributed by atoms with Gasteiger partial charge in [-0.2, -0.15) is 10.3 Å². The molecule has 170 valence electrons. The number of hydrogen-bond acceptors (Lipinski definition) is 6. The lowest BCUT2D eigenvalue weighted by atomic mass is 9.83. The van der Waals surface area contributed by atoms with Crippen LogP contribution in [0.2, 0.25) is 0 Å². The van der Waals surface area contributed by atoms with Gasteiger partial charge in [0.25, 0.3) is 0 Å². The lowest BCUT2D eigenvalue weighted by molar-refractivity contribution is 0.442. The molecule has 0 amide bonds. The fourth-order valence-corrected chi connectivity index (χ4v) is 4.92. The number of aromatic amines is 1. The molecule has 0 bridgehead atoms. The van der Waals surface area contributed by atoms with Gasteiger partial charge >= 0.3 is 0 Å². The molecular formula is C26H26N8. The maximum absolute atomic E-state index is 4.81. The molecule has 0 aliphatic heterocycles. The number of tetrazole rings is 1. The number of hydrogen-bond donors (Lipinski definition) is 2. The van der Waals surface area contributed by atoms with Gasteiger partial charge in [-0.15, -0.1) is 10.2 Å². The fraction of sp³-hybridized carbons (Fsp3) is 0.269. The number of nitrogens with one attached hydrogen (secondary N) is 2. The van der Waals surface area contributed by atoms with Crippen LogP contribution >= 0.6 is 0 Å². The van der Waals surface area contributed by atoms with Gasteiger partial charge in [0, 0.05) is 24.0 Å². The largest absolute Gasteiger partial charge is 0.381 e. The summed E-state index contributed by atoms with van der Waals surface area (Å²) < 4.78 is 1.95. The molecule has 1 aliphatic rings. The van der Waals surface area contributed by atoms with Crippen molar-refractivity contribution in [3.05, 3.63) is 78.1 Å². The van der Waals surface area contributed by atoms with Crippen LogP contribution in [0.1, 0.15) is 49.1 Å². The SMILES string of the molecule is c1ccc(CNc2ccc(-c3c(C4CCCCC4)cnc4c(-c5nn[nH]n5)cnn34)cc2)cc1. The molecule has 1 fully saturated rings. The molecular weight excluding hydrogens is 424 g/mol. The molecule has 2 aromatic carbocycles. The molecule has 0 saturated heterocycles. The summed E-state index contributed by atoms with van der Waals surface area (Å²) in [4.78, 5) is 4.81. The monoisotopic (exact) mass is 450 g/mol. The van der Waals surface area contributed by atoms with E-state index in [0.717, 1.165) is 34.7 Å². The number of H-pyrrole nitrogens is 1. The first-order chi connectivity index (χ1) is 16.9. The quantitative estimate of drug-likeness (QED) is 0.367. The molecule has 6 rings (SSSR count). The van der Waals surface area contributed by atoms with Crippen molar-refractivity contribution < 1.29 is 0 Å². The molecule has 2 N–H and O–H groups in total. The Kier molecular flexibility index (Phi) is 5.47. The van der Waals surface area contributed by atoms with Gasteiger partial charge < -0.3 is 5.32 Å². The minimum atomic E-state index is 0.495. The molecule has 0 radical (unpaired) electrons. The first-order valence-electron chi connectivity index (χ1n) is 11.9. The molecule has 0 unspecified atom stereocenters. The third-order valence-electron chi connectivity index (χ3n) is 6.68. The summed E-state index contributed by atoms with van der Waals surface area (Å²) in [5.74, 6) is 0.994. The summed E-state index contributed by atoms with van der Waals surface area (Å²) in [6.07, 6.45) is 10.0. The Morgan fingerprint density at radius 3 is 2.53 bits per heavy atom. The average Bonchev–Trinajstić information content (AvgIpc) is 3.58. The second-order valence-corrected chi connectivity index (χ2v) is 8.84. The fourth-order valence-electron chi connectivity index (χ4n) is 4.92. The maximum Gasteiger partial charge on any atom is 0.210 e. The number of anilines is 1. The molecule has 0 spiro atoms. The van der Waals surface area contributed by atoms with Crippen molar-refractivity contribution in [1.82, 2.24) is 35.2 Å². The highest BCUT2D eigenvalue weighted by atomic mass is 15.5. The Balaban J connectivity index is 1.38. The van der Waals surface area contributed by atoms with Gasteiger partial charge in [-0.3, -0.25) is 0 Å². The van der Waals surface area contributed by atoms with Crippen molar-refractivity contribution in [3.8, 4) is 22.6 Å². The lowest BCUT2D eigenvalue weighted by Gasteiger charge is -2.24. The first kappa shape index (κ1) is 20.5. The van der Waals surface area contributed by atoms with E-state index in [9.17, 15) is 0 Å². The zero-order valence-electron chi connectivity index (χ0n) is 18.9. The van der Waals surface area contributed by atoms with E-state index in [1.807, 2.05) is 16.8 Å². The van der Waals surface area contributed by atoms with Crippen molar-refractivity contribution in [3.63, 3.8) is 0 Å². The normalized spacial score (nSPS) is 14.5. The van der Waals surface area contributed by atoms with E-state index in [4.69, 9.17) is 10.1 Å². The van der Waals surface area contributed by atoms with Crippen LogP contribution in [0.5, 0.6) is 0 Å². The van der Waals surface area contributed by atoms with Gasteiger partial charge in [0.2, 0.25) is 5.82 Å². The highest BCUT2D eigenvalue weighted by Crippen LogP contribution is 2.39. The van der Waals surface area contributed by atoms with Gasteiger partial charge in [-0.05, 0) is 47.2 Å². The Labute approximate surface area is 197 Å². The summed E-state index contributed by atoms with van der Waals surface area (Å²) in [5.41, 5.74) is 7.34. The van der Waals surface area contributed by atoms with Gasteiger partial charge in [0.05, 0.1) is 17.5 Å². The van der Waals surface area contributed by atoms with E-state index in [1.165, 1.54) is 43.2 Å². The zero-order valence-corrected chi connectivity index (χ0v) is 18.9. The molecule has 3 aromatic heterocycles. The standard InChI is InChI=1S/C26H26N8/c1-3-7-18(8-4-1)15-27-21-13-11-20(12-14-21)24-22(19-9-5-2-6-10-19)16-28-26-23(17-29-34(24)26)25-30-32-33-31-25/h1,3-4,7-8,11-14,16-17,19,27H,2,5-6,9-10,15H2,(H,30,31,32,33). The highest BCUT2D eigenvalue weighted by Gasteiger charge is 2.24. The van der Waals surface area contributed by atoms with Crippen molar-refractivity contribution in [2.24, 2.45) is 0 Å². The minimum absolute atomic E-state index is 0.495. The van der Waals surface area contributed by atoms with E-state index in [0.29, 0.717) is 11.7 Å². The number of rotatable bonds is 6. The number of aromatic nitrogens is 7. The van der Waals surface area contributed by atoms with Gasteiger partial charge in [-0.1, -0.05) is 61.7 Å². The molecule has 0 atom stereocenters. The Hall–Kier alpha value is -4.07. The van der Waals surface area contributed by atoms with Gasteiger partial charge in [-0.25, -0.2) is 9.50 Å². The lowest BCUT2D eigenvalue weighted by Crippen LogP contribution is -2.10. The second kappa shape index (κ2) is 9.05. The van der Waals surface area contributed by atoms with Crippen LogP contribution in [0.15, 0.2) is 67.0 Å². The van der Waals surface area contributed by atoms with Crippen LogP contribution in [-0.4, -0.2) is 35.2 Å². The molecule has 8 heteroatoms. The van der Waals surface area contributed by atoms with Crippen LogP contribution in [0.3, 0.4) is 0 Å². The van der Waals surface area contributed by atoms with Gasteiger partial charge in [0.1, 0.15) is 0 Å². The number of nitrogens with zero attached hydrogens (tertiary/aromatic N) is 6. The van der Waals surface area contributed by atoms with Gasteiger partial charge in [0.15, 0.2) is 5.65 Å². The summed E-state index contributed by atoms with van der Waals surface area (Å²) in [6, 6.07) is 19.0. The topological polar surface area (TPSA) is 96.7 Å². The van der Waals surface area contributed by atoms with Crippen molar-refractivity contribution >= 4 is 11.3 Å². The van der Waals surface area contributed by atoms with Crippen LogP contribution < -0.4 is 5.32 Å². The summed E-state index contributed by atoms with van der Waals surface area (Å²) in [6.45, 7) is 0.792. The molecule has 34 heavy (non-hydrogen) atoms. The van der Waals surface area contributed by atoms with E-state index in [-0.39, 0.29) is 0 Å². The van der Waals surface area contributed by atoms with E-state index >= 15 is 0 Å². The van der Waals surface area contributed by atoms with Crippen LogP contribution in [0.25, 0.3) is 28.3 Å². The van der Waals surface area contributed by atoms with Crippen molar-refractivity contribution in [2.45, 2.75) is 44.6 Å². The number of fused-ring (bicyclic) bond motifs is 1. The number of benzene rings is 2. The van der Waals surface area contributed by atoms with Crippen LogP contribution in [0, 0.1) is 0 Å². The van der Waals surface area contributed by atoms with E-state index in [2.05, 4.69) is 74.5 Å². The average molecular weight is 451 g/mol. The third-order valence-corrected chi connectivity index (χ3v) is 6.68. The second-order valence-electron chi connectivity index (χ2n) is 8.84. The molecule has 1 saturated carbocycles. The van der Waals surface area contributed by atoms with E-state index < -0.39 is 0 Å². The Morgan fingerprint density at radius 2 is 1.76 bits per heavy atom. The van der Waals surface area contributed by atoms with Crippen molar-refractivity contribution in [2.75, 3.05) is 5.32 Å². The Morgan fingerprint density at radius 1 is 0.941 bits per heavy atom. The third kappa shape index (κ3) is 3.91. The molecule has 3 heterocycles. The molecule has 5 aromatic rings.